The molecule has 2 aromatic carbocycles. The van der Waals surface area contributed by atoms with E-state index in [2.05, 4.69) is 0 Å². The zero-order valence-corrected chi connectivity index (χ0v) is 19.0. The molecular formula is C24H29NO5S. The summed E-state index contributed by atoms with van der Waals surface area (Å²) in [5, 5.41) is 0. The van der Waals surface area contributed by atoms with Gasteiger partial charge in [-0.1, -0.05) is 48.0 Å². The van der Waals surface area contributed by atoms with Gasteiger partial charge in [0.1, 0.15) is 5.60 Å². The number of benzene rings is 2. The lowest BCUT2D eigenvalue weighted by atomic mass is 9.87. The van der Waals surface area contributed by atoms with E-state index < -0.39 is 15.7 Å². The largest absolute Gasteiger partial charge is 0.441 e. The molecule has 4 rings (SSSR count). The van der Waals surface area contributed by atoms with Gasteiger partial charge in [-0.25, -0.2) is 4.79 Å². The van der Waals surface area contributed by atoms with Crippen LogP contribution in [0.25, 0.3) is 0 Å². The van der Waals surface area contributed by atoms with E-state index in [0.29, 0.717) is 25.7 Å². The fourth-order valence-corrected chi connectivity index (χ4v) is 5.82. The maximum absolute atomic E-state index is 12.8. The molecule has 1 aliphatic heterocycles. The lowest BCUT2D eigenvalue weighted by molar-refractivity contribution is 0.0649. The van der Waals surface area contributed by atoms with E-state index in [1.807, 2.05) is 56.0 Å². The quantitative estimate of drug-likeness (QED) is 0.609. The average molecular weight is 444 g/mol. The minimum Gasteiger partial charge on any atom is -0.441 e. The molecule has 1 aliphatic carbocycles. The van der Waals surface area contributed by atoms with Crippen LogP contribution in [0.3, 0.4) is 0 Å². The summed E-state index contributed by atoms with van der Waals surface area (Å²) in [5.74, 6) is 0. The van der Waals surface area contributed by atoms with Crippen molar-refractivity contribution in [3.8, 4) is 0 Å². The van der Waals surface area contributed by atoms with Crippen molar-refractivity contribution >= 4 is 16.2 Å². The van der Waals surface area contributed by atoms with Crippen LogP contribution < -0.4 is 0 Å². The van der Waals surface area contributed by atoms with Gasteiger partial charge in [-0.05, 0) is 64.2 Å². The van der Waals surface area contributed by atoms with Gasteiger partial charge < -0.3 is 4.74 Å². The summed E-state index contributed by atoms with van der Waals surface area (Å²) >= 11 is 0. The summed E-state index contributed by atoms with van der Waals surface area (Å²) in [5.41, 5.74) is 1.40. The van der Waals surface area contributed by atoms with Gasteiger partial charge in [0.2, 0.25) is 0 Å². The molecule has 0 radical (unpaired) electrons. The van der Waals surface area contributed by atoms with E-state index in [4.69, 9.17) is 8.92 Å². The highest BCUT2D eigenvalue weighted by Gasteiger charge is 2.51. The van der Waals surface area contributed by atoms with Crippen LogP contribution in [0, 0.1) is 6.92 Å². The van der Waals surface area contributed by atoms with E-state index in [1.54, 1.807) is 24.3 Å². The lowest BCUT2D eigenvalue weighted by Crippen LogP contribution is -2.43. The Bertz CT molecular complexity index is 1030. The standard InChI is InChI=1S/C24H29NO5S/c1-17-9-15-21(16-10-17)31(27,28)30-20-13-11-19(12-14-20)25-22(18-7-5-4-6-8-18)24(2,3)29-23(25)26/h4-10,15-16,19-20,22H,11-14H2,1-3H3/t19-,20+,22-/m0/s1. The first kappa shape index (κ1) is 21.8. The summed E-state index contributed by atoms with van der Waals surface area (Å²) in [6.45, 7) is 5.78. The summed E-state index contributed by atoms with van der Waals surface area (Å²) in [6, 6.07) is 16.4. The average Bonchev–Trinajstić information content (AvgIpc) is 2.97. The topological polar surface area (TPSA) is 72.9 Å². The van der Waals surface area contributed by atoms with Crippen LogP contribution in [0.15, 0.2) is 59.5 Å². The van der Waals surface area contributed by atoms with Gasteiger partial charge >= 0.3 is 6.09 Å². The molecule has 2 aromatic rings. The molecule has 2 fully saturated rings. The molecule has 0 spiro atoms. The molecule has 166 valence electrons. The van der Waals surface area contributed by atoms with Crippen molar-refractivity contribution in [3.05, 3.63) is 65.7 Å². The minimum atomic E-state index is -3.80. The monoisotopic (exact) mass is 443 g/mol. The van der Waals surface area contributed by atoms with Crippen molar-refractivity contribution < 1.29 is 22.1 Å². The summed E-state index contributed by atoms with van der Waals surface area (Å²) in [7, 11) is -3.80. The number of cyclic esters (lactones) is 1. The second-order valence-corrected chi connectivity index (χ2v) is 10.6. The molecule has 7 heteroatoms. The summed E-state index contributed by atoms with van der Waals surface area (Å²) < 4.78 is 36.5. The fraction of sp³-hybridized carbons (Fsp3) is 0.458. The highest BCUT2D eigenvalue weighted by Crippen LogP contribution is 2.44. The number of hydrogen-bond acceptors (Lipinski definition) is 5. The Labute approximate surface area is 184 Å². The molecule has 0 N–H and O–H groups in total. The van der Waals surface area contributed by atoms with Crippen molar-refractivity contribution in [1.82, 2.24) is 4.90 Å². The van der Waals surface area contributed by atoms with Crippen LogP contribution >= 0.6 is 0 Å². The number of rotatable bonds is 5. The Morgan fingerprint density at radius 2 is 1.58 bits per heavy atom. The predicted molar refractivity (Wildman–Crippen MR) is 117 cm³/mol. The van der Waals surface area contributed by atoms with Crippen molar-refractivity contribution in [2.24, 2.45) is 0 Å². The number of aryl methyl sites for hydroxylation is 1. The molecule has 6 nitrogen and oxygen atoms in total. The smallest absolute Gasteiger partial charge is 0.411 e. The Morgan fingerprint density at radius 3 is 2.19 bits per heavy atom. The first-order chi connectivity index (χ1) is 14.7. The zero-order chi connectivity index (χ0) is 22.2. The number of nitrogens with zero attached hydrogens (tertiary/aromatic N) is 1. The van der Waals surface area contributed by atoms with Gasteiger partial charge in [-0.2, -0.15) is 8.42 Å². The Hall–Kier alpha value is -2.38. The highest BCUT2D eigenvalue weighted by atomic mass is 32.2. The fourth-order valence-electron chi connectivity index (χ4n) is 4.69. The highest BCUT2D eigenvalue weighted by molar-refractivity contribution is 7.86. The second kappa shape index (κ2) is 8.28. The van der Waals surface area contributed by atoms with Crippen molar-refractivity contribution in [2.45, 2.75) is 75.1 Å². The number of carbonyl (C=O) groups is 1. The van der Waals surface area contributed by atoms with E-state index in [0.717, 1.165) is 11.1 Å². The van der Waals surface area contributed by atoms with Crippen LogP contribution in [-0.4, -0.2) is 37.2 Å². The Kier molecular flexibility index (Phi) is 5.83. The maximum atomic E-state index is 12.8. The van der Waals surface area contributed by atoms with Gasteiger partial charge in [-0.3, -0.25) is 9.08 Å². The summed E-state index contributed by atoms with van der Waals surface area (Å²) in [6.07, 6.45) is 1.79. The van der Waals surface area contributed by atoms with Crippen molar-refractivity contribution in [1.29, 1.82) is 0 Å². The van der Waals surface area contributed by atoms with Gasteiger partial charge in [0, 0.05) is 6.04 Å². The zero-order valence-electron chi connectivity index (χ0n) is 18.2. The lowest BCUT2D eigenvalue weighted by Gasteiger charge is -2.38. The molecule has 1 atom stereocenters. The number of hydrogen-bond donors (Lipinski definition) is 0. The molecule has 0 bridgehead atoms. The molecule has 0 unspecified atom stereocenters. The van der Waals surface area contributed by atoms with Gasteiger partial charge in [0.05, 0.1) is 17.0 Å². The molecule has 2 aliphatic rings. The third kappa shape index (κ3) is 4.48. The number of ether oxygens (including phenoxy) is 1. The van der Waals surface area contributed by atoms with Crippen LogP contribution in [0.5, 0.6) is 0 Å². The van der Waals surface area contributed by atoms with Crippen molar-refractivity contribution in [3.63, 3.8) is 0 Å². The minimum absolute atomic E-state index is 0.0126. The Morgan fingerprint density at radius 1 is 0.968 bits per heavy atom. The number of carbonyl (C=O) groups excluding carboxylic acids is 1. The maximum Gasteiger partial charge on any atom is 0.411 e. The van der Waals surface area contributed by atoms with E-state index in [1.165, 1.54) is 0 Å². The first-order valence-corrected chi connectivity index (χ1v) is 12.1. The summed E-state index contributed by atoms with van der Waals surface area (Å²) in [4.78, 5) is 14.8. The van der Waals surface area contributed by atoms with Gasteiger partial charge in [-0.15, -0.1) is 0 Å². The third-order valence-electron chi connectivity index (χ3n) is 6.22. The molecule has 31 heavy (non-hydrogen) atoms. The van der Waals surface area contributed by atoms with Crippen LogP contribution in [-0.2, 0) is 19.0 Å². The van der Waals surface area contributed by atoms with Gasteiger partial charge in [0.25, 0.3) is 10.1 Å². The van der Waals surface area contributed by atoms with E-state index >= 15 is 0 Å². The van der Waals surface area contributed by atoms with E-state index in [-0.39, 0.29) is 29.2 Å². The third-order valence-corrected chi connectivity index (χ3v) is 7.60. The van der Waals surface area contributed by atoms with Crippen LogP contribution in [0.1, 0.15) is 56.7 Å². The molecule has 1 amide bonds. The molecule has 1 saturated carbocycles. The molecule has 1 saturated heterocycles. The van der Waals surface area contributed by atoms with Crippen LogP contribution in [0.2, 0.25) is 0 Å². The SMILES string of the molecule is Cc1ccc(S(=O)(=O)O[C@H]2CC[C@@H](N3C(=O)OC(C)(C)[C@@H]3c3ccccc3)CC2)cc1. The normalized spacial score (nSPS) is 26.0. The predicted octanol–water partition coefficient (Wildman–Crippen LogP) is 4.98. The van der Waals surface area contributed by atoms with Crippen molar-refractivity contribution in [2.75, 3.05) is 0 Å². The Balaban J connectivity index is 1.45. The molecule has 1 heterocycles. The van der Waals surface area contributed by atoms with Crippen LogP contribution in [0.4, 0.5) is 4.79 Å². The first-order valence-electron chi connectivity index (χ1n) is 10.7. The molecule has 0 aromatic heterocycles. The number of amides is 1. The van der Waals surface area contributed by atoms with Gasteiger partial charge in [0.15, 0.2) is 0 Å². The second-order valence-electron chi connectivity index (χ2n) is 8.99. The molecular weight excluding hydrogens is 414 g/mol. The van der Waals surface area contributed by atoms with E-state index in [9.17, 15) is 13.2 Å².